The first-order valence-electron chi connectivity index (χ1n) is 10.2. The molecule has 0 radical (unpaired) electrons. The normalized spacial score (nSPS) is 14.1. The van der Waals surface area contributed by atoms with E-state index in [0.29, 0.717) is 24.1 Å². The highest BCUT2D eigenvalue weighted by atomic mass is 32.1. The number of anilines is 1. The Bertz CT molecular complexity index is 942. The molecule has 0 spiro atoms. The van der Waals surface area contributed by atoms with Crippen molar-refractivity contribution in [1.82, 2.24) is 24.8 Å². The number of pyridine rings is 1. The van der Waals surface area contributed by atoms with Gasteiger partial charge in [0.25, 0.3) is 0 Å². The van der Waals surface area contributed by atoms with Crippen LogP contribution < -0.4 is 9.64 Å². The zero-order valence-corrected chi connectivity index (χ0v) is 19.0. The van der Waals surface area contributed by atoms with Crippen molar-refractivity contribution in [2.75, 3.05) is 44.7 Å². The van der Waals surface area contributed by atoms with Crippen LogP contribution in [0.4, 0.5) is 5.82 Å². The van der Waals surface area contributed by atoms with Crippen molar-refractivity contribution in [3.63, 3.8) is 0 Å². The van der Waals surface area contributed by atoms with Gasteiger partial charge in [-0.25, -0.2) is 15.0 Å². The molecule has 0 amide bonds. The van der Waals surface area contributed by atoms with Gasteiger partial charge in [-0.3, -0.25) is 9.78 Å². The maximum atomic E-state index is 10.4. The van der Waals surface area contributed by atoms with Gasteiger partial charge in [0.15, 0.2) is 6.29 Å². The van der Waals surface area contributed by atoms with Crippen LogP contribution in [0, 0.1) is 5.92 Å². The summed E-state index contributed by atoms with van der Waals surface area (Å²) < 4.78 is 5.63. The molecule has 1 aliphatic heterocycles. The largest absolute Gasteiger partial charge is 0.477 e. The van der Waals surface area contributed by atoms with Crippen molar-refractivity contribution < 1.29 is 9.53 Å². The van der Waals surface area contributed by atoms with E-state index in [1.807, 2.05) is 18.2 Å². The van der Waals surface area contributed by atoms with Gasteiger partial charge in [0.1, 0.15) is 22.8 Å². The summed E-state index contributed by atoms with van der Waals surface area (Å²) in [6.45, 7) is 9.12. The van der Waals surface area contributed by atoms with Crippen LogP contribution in [0.2, 0.25) is 0 Å². The summed E-state index contributed by atoms with van der Waals surface area (Å²) in [4.78, 5) is 31.6. The molecule has 164 valence electrons. The van der Waals surface area contributed by atoms with Crippen LogP contribution in [0.3, 0.4) is 0 Å². The third-order valence-corrected chi connectivity index (χ3v) is 5.48. The number of carbonyl (C=O) groups excluding carboxylic acids is 1. The smallest absolute Gasteiger partial charge is 0.218 e. The van der Waals surface area contributed by atoms with Crippen molar-refractivity contribution in [3.8, 4) is 16.5 Å². The number of likely N-dealkylation sites (N-methyl/N-ethyl adjacent to an activating group) is 1. The Hall–Kier alpha value is -2.91. The Kier molecular flexibility index (Phi) is 8.43. The minimum Gasteiger partial charge on any atom is -0.477 e. The number of thiazole rings is 1. The van der Waals surface area contributed by atoms with E-state index in [1.165, 1.54) is 11.3 Å². The zero-order valence-electron chi connectivity index (χ0n) is 18.1. The summed E-state index contributed by atoms with van der Waals surface area (Å²) >= 11 is 1.44. The van der Waals surface area contributed by atoms with Gasteiger partial charge < -0.3 is 14.5 Å². The number of nitrogens with zero attached hydrogens (tertiary/aromatic N) is 6. The predicted molar refractivity (Wildman–Crippen MR) is 123 cm³/mol. The van der Waals surface area contributed by atoms with Gasteiger partial charge in [0, 0.05) is 55.6 Å². The molecule has 0 aromatic carbocycles. The minimum atomic E-state index is 0.476. The highest BCUT2D eigenvalue weighted by Gasteiger charge is 2.16. The molecule has 4 heterocycles. The zero-order chi connectivity index (χ0) is 22.1. The molecule has 8 nitrogen and oxygen atoms in total. The molecule has 4 rings (SSSR count). The summed E-state index contributed by atoms with van der Waals surface area (Å²) in [5.74, 6) is 2.15. The first kappa shape index (κ1) is 22.8. The molecule has 1 aliphatic rings. The van der Waals surface area contributed by atoms with Crippen LogP contribution in [0.25, 0.3) is 10.6 Å². The van der Waals surface area contributed by atoms with E-state index < -0.39 is 0 Å². The molecular weight excluding hydrogens is 412 g/mol. The molecule has 0 aliphatic carbocycles. The van der Waals surface area contributed by atoms with Crippen molar-refractivity contribution >= 4 is 23.4 Å². The Labute approximate surface area is 187 Å². The summed E-state index contributed by atoms with van der Waals surface area (Å²) in [7, 11) is 2.15. The molecule has 3 aromatic heterocycles. The number of carbonyl (C=O) groups is 1. The summed E-state index contributed by atoms with van der Waals surface area (Å²) in [6, 6.07) is 5.70. The highest BCUT2D eigenvalue weighted by molar-refractivity contribution is 7.13. The average Bonchev–Trinajstić information content (AvgIpc) is 3.29. The first-order chi connectivity index (χ1) is 15.0. The summed E-state index contributed by atoms with van der Waals surface area (Å²) in [6.07, 6.45) is 5.77. The van der Waals surface area contributed by atoms with Crippen molar-refractivity contribution in [3.05, 3.63) is 48.0 Å². The maximum Gasteiger partial charge on any atom is 0.218 e. The van der Waals surface area contributed by atoms with Gasteiger partial charge >= 0.3 is 0 Å². The van der Waals surface area contributed by atoms with E-state index in [9.17, 15) is 4.79 Å². The Morgan fingerprint density at radius 1 is 1.23 bits per heavy atom. The lowest BCUT2D eigenvalue weighted by atomic mass is 10.2. The van der Waals surface area contributed by atoms with Gasteiger partial charge in [-0.2, -0.15) is 0 Å². The second kappa shape index (κ2) is 11.5. The fourth-order valence-corrected chi connectivity index (χ4v) is 3.59. The number of aldehydes is 1. The molecule has 0 unspecified atom stereocenters. The SMILES string of the molecule is CC(C)COc1cc(N2CCN(C)CC2)ncn1.O=Cc1csc(-c2cccnc2)n1. The number of hydrogen-bond donors (Lipinski definition) is 0. The third-order valence-electron chi connectivity index (χ3n) is 4.57. The first-order valence-corrected chi connectivity index (χ1v) is 11.1. The van der Waals surface area contributed by atoms with Gasteiger partial charge in [-0.15, -0.1) is 11.3 Å². The average molecular weight is 441 g/mol. The minimum absolute atomic E-state index is 0.476. The molecule has 9 heteroatoms. The van der Waals surface area contributed by atoms with E-state index in [0.717, 1.165) is 48.9 Å². The molecule has 0 N–H and O–H groups in total. The number of piperazine rings is 1. The van der Waals surface area contributed by atoms with E-state index in [1.54, 1.807) is 24.1 Å². The maximum absolute atomic E-state index is 10.4. The van der Waals surface area contributed by atoms with Gasteiger partial charge in [-0.05, 0) is 25.1 Å². The number of aromatic nitrogens is 4. The van der Waals surface area contributed by atoms with E-state index in [2.05, 4.69) is 50.6 Å². The Balaban J connectivity index is 0.000000185. The third kappa shape index (κ3) is 7.08. The van der Waals surface area contributed by atoms with Crippen LogP contribution in [0.1, 0.15) is 24.3 Å². The summed E-state index contributed by atoms with van der Waals surface area (Å²) in [5, 5.41) is 2.56. The van der Waals surface area contributed by atoms with Crippen LogP contribution in [0.5, 0.6) is 5.88 Å². The van der Waals surface area contributed by atoms with Gasteiger partial charge in [-0.1, -0.05) is 13.8 Å². The molecule has 1 fully saturated rings. The molecular formula is C22H28N6O2S. The number of hydrogen-bond acceptors (Lipinski definition) is 9. The lowest BCUT2D eigenvalue weighted by Crippen LogP contribution is -2.44. The van der Waals surface area contributed by atoms with Crippen molar-refractivity contribution in [2.24, 2.45) is 5.92 Å². The van der Waals surface area contributed by atoms with Crippen molar-refractivity contribution in [1.29, 1.82) is 0 Å². The molecule has 3 aromatic rings. The van der Waals surface area contributed by atoms with Gasteiger partial charge in [0.2, 0.25) is 5.88 Å². The van der Waals surface area contributed by atoms with Crippen LogP contribution in [-0.4, -0.2) is 71.0 Å². The second-order valence-electron chi connectivity index (χ2n) is 7.65. The number of ether oxygens (including phenoxy) is 1. The highest BCUT2D eigenvalue weighted by Crippen LogP contribution is 2.21. The lowest BCUT2D eigenvalue weighted by Gasteiger charge is -2.33. The Morgan fingerprint density at radius 3 is 2.68 bits per heavy atom. The van der Waals surface area contributed by atoms with Crippen LogP contribution in [-0.2, 0) is 0 Å². The standard InChI is InChI=1S/C13H22N4O.C9H6N2OS/c1-11(2)9-18-13-8-12(14-10-15-13)17-6-4-16(3)5-7-17;12-5-8-6-13-9(11-8)7-2-1-3-10-4-7/h8,10-11H,4-7,9H2,1-3H3;1-6H. The van der Waals surface area contributed by atoms with Crippen LogP contribution in [0.15, 0.2) is 42.3 Å². The quantitative estimate of drug-likeness (QED) is 0.540. The second-order valence-corrected chi connectivity index (χ2v) is 8.50. The lowest BCUT2D eigenvalue weighted by molar-refractivity contribution is 0.111. The Morgan fingerprint density at radius 2 is 2.03 bits per heavy atom. The molecule has 0 atom stereocenters. The van der Waals surface area contributed by atoms with Gasteiger partial charge in [0.05, 0.1) is 6.61 Å². The van der Waals surface area contributed by atoms with E-state index in [4.69, 9.17) is 4.74 Å². The summed E-state index contributed by atoms with van der Waals surface area (Å²) in [5.41, 5.74) is 1.42. The van der Waals surface area contributed by atoms with E-state index >= 15 is 0 Å². The van der Waals surface area contributed by atoms with Crippen LogP contribution >= 0.6 is 11.3 Å². The number of rotatable bonds is 6. The van der Waals surface area contributed by atoms with E-state index in [-0.39, 0.29) is 0 Å². The molecule has 31 heavy (non-hydrogen) atoms. The fraction of sp³-hybridized carbons (Fsp3) is 0.409. The topological polar surface area (TPSA) is 84.3 Å². The monoisotopic (exact) mass is 440 g/mol. The molecule has 0 saturated carbocycles. The predicted octanol–water partition coefficient (Wildman–Crippen LogP) is 3.28. The fourth-order valence-electron chi connectivity index (χ4n) is 2.83. The molecule has 0 bridgehead atoms. The molecule has 1 saturated heterocycles. The van der Waals surface area contributed by atoms with Crippen molar-refractivity contribution in [2.45, 2.75) is 13.8 Å².